The Bertz CT molecular complexity index is 1120. The molecule has 146 valence electrons. The lowest BCUT2D eigenvalue weighted by Crippen LogP contribution is -2.17. The maximum atomic E-state index is 12.6. The van der Waals surface area contributed by atoms with Gasteiger partial charge in [-0.25, -0.2) is 8.42 Å². The second-order valence-corrected chi connectivity index (χ2v) is 8.71. The van der Waals surface area contributed by atoms with E-state index in [9.17, 15) is 13.2 Å². The Balaban J connectivity index is 1.78. The van der Waals surface area contributed by atoms with E-state index in [2.05, 4.69) is 21.6 Å². The Labute approximate surface area is 163 Å². The highest BCUT2D eigenvalue weighted by molar-refractivity contribution is 7.91. The van der Waals surface area contributed by atoms with Crippen molar-refractivity contribution in [2.24, 2.45) is 0 Å². The van der Waals surface area contributed by atoms with Crippen LogP contribution in [0.25, 0.3) is 0 Å². The molecule has 0 aliphatic rings. The predicted octanol–water partition coefficient (Wildman–Crippen LogP) is 3.32. The molecule has 0 saturated heterocycles. The fourth-order valence-corrected chi connectivity index (χ4v) is 3.92. The maximum Gasteiger partial charge on any atom is 0.322 e. The van der Waals surface area contributed by atoms with Crippen molar-refractivity contribution < 1.29 is 17.6 Å². The van der Waals surface area contributed by atoms with Gasteiger partial charge in [-0.15, -0.1) is 5.10 Å². The number of sulfone groups is 1. The van der Waals surface area contributed by atoms with Crippen molar-refractivity contribution >= 4 is 21.8 Å². The first-order valence-electron chi connectivity index (χ1n) is 8.82. The minimum atomic E-state index is -3.54. The number of amides is 1. The lowest BCUT2D eigenvalue weighted by Gasteiger charge is -2.08. The number of aromatic nitrogens is 2. The van der Waals surface area contributed by atoms with E-state index in [1.807, 2.05) is 26.0 Å². The topological polar surface area (TPSA) is 102 Å². The lowest BCUT2D eigenvalue weighted by atomic mass is 10.0. The third kappa shape index (κ3) is 4.28. The fraction of sp³-hybridized carbons (Fsp3) is 0.250. The van der Waals surface area contributed by atoms with E-state index in [0.29, 0.717) is 12.3 Å². The van der Waals surface area contributed by atoms with E-state index in [1.165, 1.54) is 24.6 Å². The zero-order chi connectivity index (χ0) is 20.3. The molecule has 3 aromatic rings. The van der Waals surface area contributed by atoms with Gasteiger partial charge in [0, 0.05) is 0 Å². The monoisotopic (exact) mass is 399 g/mol. The highest BCUT2D eigenvalue weighted by atomic mass is 32.2. The van der Waals surface area contributed by atoms with Crippen LogP contribution in [-0.4, -0.2) is 30.3 Å². The molecule has 8 heteroatoms. The van der Waals surface area contributed by atoms with Crippen molar-refractivity contribution in [3.8, 4) is 0 Å². The maximum absolute atomic E-state index is 12.6. The lowest BCUT2D eigenvalue weighted by molar-refractivity contribution is 0.102. The van der Waals surface area contributed by atoms with Gasteiger partial charge in [-0.1, -0.05) is 47.9 Å². The van der Waals surface area contributed by atoms with Crippen molar-refractivity contribution in [2.75, 3.05) is 11.1 Å². The molecule has 2 aromatic carbocycles. The molecule has 1 amide bonds. The summed E-state index contributed by atoms with van der Waals surface area (Å²) in [5, 5.41) is 10.3. The molecule has 28 heavy (non-hydrogen) atoms. The molecule has 0 fully saturated rings. The number of rotatable bonds is 6. The summed E-state index contributed by atoms with van der Waals surface area (Å²) in [6, 6.07) is 12.0. The van der Waals surface area contributed by atoms with Gasteiger partial charge in [0.15, 0.2) is 9.84 Å². The highest BCUT2D eigenvalue weighted by Crippen LogP contribution is 2.20. The van der Waals surface area contributed by atoms with E-state index in [4.69, 9.17) is 4.42 Å². The Morgan fingerprint density at radius 1 is 1.11 bits per heavy atom. The molecule has 1 N–H and O–H groups in total. The van der Waals surface area contributed by atoms with Crippen molar-refractivity contribution in [1.29, 1.82) is 0 Å². The summed E-state index contributed by atoms with van der Waals surface area (Å²) < 4.78 is 29.9. The van der Waals surface area contributed by atoms with Crippen LogP contribution in [0.5, 0.6) is 0 Å². The van der Waals surface area contributed by atoms with Gasteiger partial charge in [-0.3, -0.25) is 10.1 Å². The fourth-order valence-electron chi connectivity index (χ4n) is 2.83. The highest BCUT2D eigenvalue weighted by Gasteiger charge is 2.22. The number of aryl methyl sites for hydroxylation is 2. The number of benzene rings is 2. The number of carbonyl (C=O) groups excluding carboxylic acids is 1. The summed E-state index contributed by atoms with van der Waals surface area (Å²) in [6.07, 6.45) is 0.440. The largest absolute Gasteiger partial charge is 0.407 e. The molecule has 0 saturated carbocycles. The number of anilines is 1. The molecule has 0 aliphatic carbocycles. The predicted molar refractivity (Wildman–Crippen MR) is 105 cm³/mol. The molecule has 7 nitrogen and oxygen atoms in total. The summed E-state index contributed by atoms with van der Waals surface area (Å²) in [4.78, 5) is 12.5. The van der Waals surface area contributed by atoms with E-state index in [0.717, 1.165) is 11.1 Å². The van der Waals surface area contributed by atoms with Gasteiger partial charge in [0.25, 0.3) is 5.91 Å². The van der Waals surface area contributed by atoms with Crippen molar-refractivity contribution in [3.63, 3.8) is 0 Å². The van der Waals surface area contributed by atoms with Gasteiger partial charge < -0.3 is 4.42 Å². The van der Waals surface area contributed by atoms with Gasteiger partial charge in [0.05, 0.1) is 22.6 Å². The summed E-state index contributed by atoms with van der Waals surface area (Å²) in [5.41, 5.74) is 3.37. The molecule has 3 rings (SSSR count). The van der Waals surface area contributed by atoms with Crippen LogP contribution in [0.15, 0.2) is 51.8 Å². The van der Waals surface area contributed by atoms with Crippen LogP contribution >= 0.6 is 0 Å². The number of carbonyl (C=O) groups is 1. The second kappa shape index (κ2) is 7.93. The van der Waals surface area contributed by atoms with Crippen LogP contribution in [0.3, 0.4) is 0 Å². The third-order valence-corrected chi connectivity index (χ3v) is 6.16. The van der Waals surface area contributed by atoms with Crippen molar-refractivity contribution in [1.82, 2.24) is 10.2 Å². The first-order chi connectivity index (χ1) is 13.3. The molecular formula is C20H21N3O4S. The summed E-state index contributed by atoms with van der Waals surface area (Å²) in [6.45, 7) is 5.56. The van der Waals surface area contributed by atoms with Crippen LogP contribution in [0, 0.1) is 13.8 Å². The molecule has 0 aliphatic heterocycles. The molecule has 0 unspecified atom stereocenters. The Morgan fingerprint density at radius 3 is 2.57 bits per heavy atom. The van der Waals surface area contributed by atoms with Crippen LogP contribution in [0.2, 0.25) is 0 Å². The normalized spacial score (nSPS) is 11.4. The van der Waals surface area contributed by atoms with E-state index >= 15 is 0 Å². The van der Waals surface area contributed by atoms with E-state index in [-0.39, 0.29) is 22.2 Å². The van der Waals surface area contributed by atoms with Gasteiger partial charge in [0.1, 0.15) is 0 Å². The zero-order valence-electron chi connectivity index (χ0n) is 15.9. The number of nitrogens with zero attached hydrogens (tertiary/aromatic N) is 2. The smallest absolute Gasteiger partial charge is 0.322 e. The Morgan fingerprint density at radius 2 is 1.86 bits per heavy atom. The molecule has 1 heterocycles. The van der Waals surface area contributed by atoms with Gasteiger partial charge >= 0.3 is 6.01 Å². The standard InChI is InChI=1S/C20H21N3O4S/c1-4-28(25,26)17-8-6-5-7-16(17)19(24)21-20-23-22-18(27-20)12-15-10-9-13(2)11-14(15)3/h5-11H,4,12H2,1-3H3,(H,21,23,24). The summed E-state index contributed by atoms with van der Waals surface area (Å²) >= 11 is 0. The molecule has 0 atom stereocenters. The number of hydrogen-bond donors (Lipinski definition) is 1. The summed E-state index contributed by atoms with van der Waals surface area (Å²) in [7, 11) is -3.54. The van der Waals surface area contributed by atoms with E-state index < -0.39 is 15.7 Å². The third-order valence-electron chi connectivity index (χ3n) is 4.37. The number of nitrogens with one attached hydrogen (secondary N) is 1. The molecular weight excluding hydrogens is 378 g/mol. The zero-order valence-corrected chi connectivity index (χ0v) is 16.7. The first kappa shape index (κ1) is 19.8. The van der Waals surface area contributed by atoms with Gasteiger partial charge in [-0.2, -0.15) is 0 Å². The quantitative estimate of drug-likeness (QED) is 0.682. The minimum absolute atomic E-state index is 0.0231. The van der Waals surface area contributed by atoms with Gasteiger partial charge in [0.2, 0.25) is 5.89 Å². The minimum Gasteiger partial charge on any atom is -0.407 e. The number of hydrogen-bond acceptors (Lipinski definition) is 6. The molecule has 1 aromatic heterocycles. The second-order valence-electron chi connectivity index (χ2n) is 6.46. The van der Waals surface area contributed by atoms with Crippen LogP contribution < -0.4 is 5.32 Å². The van der Waals surface area contributed by atoms with Crippen LogP contribution in [0.1, 0.15) is 39.9 Å². The van der Waals surface area contributed by atoms with Crippen molar-refractivity contribution in [3.05, 3.63) is 70.6 Å². The average molecular weight is 399 g/mol. The Hall–Kier alpha value is -3.00. The summed E-state index contributed by atoms with van der Waals surface area (Å²) in [5.74, 6) is -0.358. The van der Waals surface area contributed by atoms with E-state index in [1.54, 1.807) is 12.1 Å². The SMILES string of the molecule is CCS(=O)(=O)c1ccccc1C(=O)Nc1nnc(Cc2ccc(C)cc2C)o1. The average Bonchev–Trinajstić information content (AvgIpc) is 3.11. The van der Waals surface area contributed by atoms with Crippen LogP contribution in [0.4, 0.5) is 6.01 Å². The molecule has 0 bridgehead atoms. The Kier molecular flexibility index (Phi) is 5.60. The first-order valence-corrected chi connectivity index (χ1v) is 10.5. The van der Waals surface area contributed by atoms with Crippen molar-refractivity contribution in [2.45, 2.75) is 32.1 Å². The molecule has 0 spiro atoms. The van der Waals surface area contributed by atoms with Crippen LogP contribution in [-0.2, 0) is 16.3 Å². The molecule has 0 radical (unpaired) electrons. The van der Waals surface area contributed by atoms with Gasteiger partial charge in [-0.05, 0) is 37.1 Å².